The number of nitrogens with zero attached hydrogens (tertiary/aromatic N) is 2. The van der Waals surface area contributed by atoms with Crippen molar-refractivity contribution in [1.82, 2.24) is 4.98 Å². The number of hydrogen-bond acceptors (Lipinski definition) is 3. The first kappa shape index (κ1) is 10.2. The van der Waals surface area contributed by atoms with Gasteiger partial charge in [0.1, 0.15) is 11.8 Å². The standard InChI is InChI=1S/C13H5BrN2O/c14-7-1-3-9-11(5-7)13(17)10-4-2-8(6-15)16-12(9)10/h1-5H. The molecule has 0 amide bonds. The van der Waals surface area contributed by atoms with E-state index in [1.165, 1.54) is 0 Å². The Bertz CT molecular complexity index is 701. The molecule has 0 saturated carbocycles. The average molecular weight is 285 g/mol. The van der Waals surface area contributed by atoms with Gasteiger partial charge in [-0.3, -0.25) is 4.79 Å². The lowest BCUT2D eigenvalue weighted by molar-refractivity contribution is 0.104. The highest BCUT2D eigenvalue weighted by atomic mass is 79.9. The van der Waals surface area contributed by atoms with Crippen LogP contribution in [0.3, 0.4) is 0 Å². The maximum absolute atomic E-state index is 12.1. The summed E-state index contributed by atoms with van der Waals surface area (Å²) in [6, 6.07) is 10.7. The predicted octanol–water partition coefficient (Wildman–Crippen LogP) is 2.93. The number of fused-ring (bicyclic) bond motifs is 3. The third-order valence-electron chi connectivity index (χ3n) is 2.74. The van der Waals surface area contributed by atoms with Crippen LogP contribution in [-0.4, -0.2) is 10.8 Å². The van der Waals surface area contributed by atoms with Crippen molar-refractivity contribution < 1.29 is 4.79 Å². The Morgan fingerprint density at radius 2 is 1.88 bits per heavy atom. The zero-order valence-corrected chi connectivity index (χ0v) is 10.2. The van der Waals surface area contributed by atoms with Crippen LogP contribution in [0.1, 0.15) is 21.6 Å². The number of nitriles is 1. The lowest BCUT2D eigenvalue weighted by Gasteiger charge is -1.98. The van der Waals surface area contributed by atoms with Crippen molar-refractivity contribution in [2.75, 3.05) is 0 Å². The molecular weight excluding hydrogens is 280 g/mol. The second-order valence-electron chi connectivity index (χ2n) is 3.72. The van der Waals surface area contributed by atoms with Gasteiger partial charge in [-0.25, -0.2) is 4.98 Å². The summed E-state index contributed by atoms with van der Waals surface area (Å²) in [5.41, 5.74) is 2.93. The maximum Gasteiger partial charge on any atom is 0.195 e. The Hall–Kier alpha value is -1.99. The van der Waals surface area contributed by atoms with Gasteiger partial charge in [0.25, 0.3) is 0 Å². The van der Waals surface area contributed by atoms with E-state index in [0.717, 1.165) is 10.0 Å². The molecule has 1 aromatic heterocycles. The van der Waals surface area contributed by atoms with Gasteiger partial charge < -0.3 is 0 Å². The van der Waals surface area contributed by atoms with Crippen LogP contribution < -0.4 is 0 Å². The van der Waals surface area contributed by atoms with Crippen LogP contribution >= 0.6 is 15.9 Å². The van der Waals surface area contributed by atoms with E-state index in [-0.39, 0.29) is 5.78 Å². The number of hydrogen-bond donors (Lipinski definition) is 0. The molecule has 0 unspecified atom stereocenters. The van der Waals surface area contributed by atoms with E-state index in [4.69, 9.17) is 5.26 Å². The summed E-state index contributed by atoms with van der Waals surface area (Å²) < 4.78 is 0.859. The van der Waals surface area contributed by atoms with Gasteiger partial charge in [-0.2, -0.15) is 5.26 Å². The van der Waals surface area contributed by atoms with Gasteiger partial charge in [0.2, 0.25) is 0 Å². The predicted molar refractivity (Wildman–Crippen MR) is 65.5 cm³/mol. The van der Waals surface area contributed by atoms with E-state index in [2.05, 4.69) is 20.9 Å². The van der Waals surface area contributed by atoms with Crippen LogP contribution in [0.15, 0.2) is 34.8 Å². The van der Waals surface area contributed by atoms with Gasteiger partial charge in [0.15, 0.2) is 5.78 Å². The van der Waals surface area contributed by atoms with Crippen LogP contribution in [0.5, 0.6) is 0 Å². The number of rotatable bonds is 0. The molecule has 1 aliphatic carbocycles. The average Bonchev–Trinajstić information content (AvgIpc) is 2.62. The molecule has 0 saturated heterocycles. The first-order chi connectivity index (χ1) is 8.20. The van der Waals surface area contributed by atoms with Gasteiger partial charge in [-0.15, -0.1) is 0 Å². The molecule has 0 bridgehead atoms. The zero-order valence-electron chi connectivity index (χ0n) is 8.57. The normalized spacial score (nSPS) is 11.9. The summed E-state index contributed by atoms with van der Waals surface area (Å²) in [5.74, 6) is -0.0340. The van der Waals surface area contributed by atoms with Crippen LogP contribution in [0.2, 0.25) is 0 Å². The van der Waals surface area contributed by atoms with E-state index >= 15 is 0 Å². The number of halogens is 1. The number of pyridine rings is 1. The number of ketones is 1. The third-order valence-corrected chi connectivity index (χ3v) is 3.23. The quantitative estimate of drug-likeness (QED) is 0.638. The highest BCUT2D eigenvalue weighted by Crippen LogP contribution is 2.36. The fourth-order valence-electron chi connectivity index (χ4n) is 1.97. The van der Waals surface area contributed by atoms with Gasteiger partial charge in [-0.05, 0) is 24.3 Å². The number of carbonyl (C=O) groups is 1. The number of carbonyl (C=O) groups excluding carboxylic acids is 1. The van der Waals surface area contributed by atoms with Gasteiger partial charge in [0.05, 0.1) is 5.69 Å². The van der Waals surface area contributed by atoms with Crippen LogP contribution in [0, 0.1) is 11.3 Å². The van der Waals surface area contributed by atoms with Crippen LogP contribution in [0.25, 0.3) is 11.3 Å². The van der Waals surface area contributed by atoms with Crippen molar-refractivity contribution in [1.29, 1.82) is 5.26 Å². The zero-order chi connectivity index (χ0) is 12.0. The number of aromatic nitrogens is 1. The van der Waals surface area contributed by atoms with Crippen molar-refractivity contribution in [3.05, 3.63) is 51.6 Å². The summed E-state index contributed by atoms with van der Waals surface area (Å²) >= 11 is 3.34. The highest BCUT2D eigenvalue weighted by molar-refractivity contribution is 9.10. The van der Waals surface area contributed by atoms with Gasteiger partial charge >= 0.3 is 0 Å². The van der Waals surface area contributed by atoms with E-state index in [0.29, 0.717) is 22.5 Å². The molecule has 0 spiro atoms. The molecule has 0 N–H and O–H groups in total. The molecule has 0 aliphatic heterocycles. The molecule has 0 radical (unpaired) electrons. The smallest absolute Gasteiger partial charge is 0.195 e. The molecule has 1 aromatic carbocycles. The van der Waals surface area contributed by atoms with Crippen molar-refractivity contribution in [3.8, 4) is 17.3 Å². The summed E-state index contributed by atoms with van der Waals surface area (Å²) in [7, 11) is 0. The first-order valence-corrected chi connectivity index (χ1v) is 5.76. The molecule has 0 fully saturated rings. The Labute approximate surface area is 106 Å². The molecule has 1 heterocycles. The second kappa shape index (κ2) is 3.51. The van der Waals surface area contributed by atoms with Crippen LogP contribution in [-0.2, 0) is 0 Å². The largest absolute Gasteiger partial charge is 0.289 e. The lowest BCUT2D eigenvalue weighted by atomic mass is 10.1. The topological polar surface area (TPSA) is 53.8 Å². The minimum Gasteiger partial charge on any atom is -0.289 e. The second-order valence-corrected chi connectivity index (χ2v) is 4.64. The Balaban J connectivity index is 2.34. The fourth-order valence-corrected chi connectivity index (χ4v) is 2.33. The highest BCUT2D eigenvalue weighted by Gasteiger charge is 2.28. The minimum absolute atomic E-state index is 0.0340. The van der Waals surface area contributed by atoms with Gasteiger partial charge in [-0.1, -0.05) is 22.0 Å². The summed E-state index contributed by atoms with van der Waals surface area (Å²) in [4.78, 5) is 16.3. The van der Waals surface area contributed by atoms with E-state index in [1.54, 1.807) is 18.2 Å². The molecule has 4 heteroatoms. The minimum atomic E-state index is -0.0340. The van der Waals surface area contributed by atoms with Crippen molar-refractivity contribution >= 4 is 21.7 Å². The molecule has 0 atom stereocenters. The SMILES string of the molecule is N#Cc1ccc2c(n1)-c1ccc(Br)cc1C2=O. The third kappa shape index (κ3) is 1.40. The van der Waals surface area contributed by atoms with E-state index in [9.17, 15) is 4.79 Å². The van der Waals surface area contributed by atoms with E-state index in [1.807, 2.05) is 18.2 Å². The first-order valence-electron chi connectivity index (χ1n) is 4.96. The number of benzene rings is 1. The van der Waals surface area contributed by atoms with Crippen LogP contribution in [0.4, 0.5) is 0 Å². The molecule has 80 valence electrons. The molecule has 3 nitrogen and oxygen atoms in total. The summed E-state index contributed by atoms with van der Waals surface area (Å²) in [5, 5.41) is 8.82. The molecule has 17 heavy (non-hydrogen) atoms. The van der Waals surface area contributed by atoms with Crippen molar-refractivity contribution in [3.63, 3.8) is 0 Å². The lowest BCUT2D eigenvalue weighted by Crippen LogP contribution is -1.95. The molecular formula is C13H5BrN2O. The Morgan fingerprint density at radius 3 is 2.65 bits per heavy atom. The molecule has 1 aliphatic rings. The molecule has 2 aromatic rings. The monoisotopic (exact) mass is 284 g/mol. The summed E-state index contributed by atoms with van der Waals surface area (Å²) in [6.45, 7) is 0. The van der Waals surface area contributed by atoms with Gasteiger partial charge in [0, 0.05) is 21.2 Å². The maximum atomic E-state index is 12.1. The summed E-state index contributed by atoms with van der Waals surface area (Å²) in [6.07, 6.45) is 0. The fraction of sp³-hybridized carbons (Fsp3) is 0. The van der Waals surface area contributed by atoms with Crippen molar-refractivity contribution in [2.45, 2.75) is 0 Å². The molecule has 3 rings (SSSR count). The Kier molecular flexibility index (Phi) is 2.10. The Morgan fingerprint density at radius 1 is 1.12 bits per heavy atom. The van der Waals surface area contributed by atoms with E-state index < -0.39 is 0 Å². The van der Waals surface area contributed by atoms with Crippen molar-refractivity contribution in [2.24, 2.45) is 0 Å².